The molecule has 8 heteroatoms. The number of benzene rings is 2. The van der Waals surface area contributed by atoms with E-state index in [-0.39, 0.29) is 15.7 Å². The Morgan fingerprint density at radius 2 is 1.42 bits per heavy atom. The van der Waals surface area contributed by atoms with Crippen LogP contribution in [0.1, 0.15) is 10.4 Å². The number of methoxy groups -OCH3 is 1. The Labute approximate surface area is 147 Å². The van der Waals surface area contributed by atoms with Gasteiger partial charge in [0.1, 0.15) is 0 Å². The molecule has 0 spiro atoms. The van der Waals surface area contributed by atoms with E-state index in [1.165, 1.54) is 43.5 Å². The highest BCUT2D eigenvalue weighted by atomic mass is 35.5. The van der Waals surface area contributed by atoms with Crippen LogP contribution in [0, 0.1) is 0 Å². The monoisotopic (exact) mass is 366 g/mol. The summed E-state index contributed by atoms with van der Waals surface area (Å²) in [5, 5.41) is 5.17. The molecule has 0 unspecified atom stereocenters. The highest BCUT2D eigenvalue weighted by Crippen LogP contribution is 2.29. The average Bonchev–Trinajstić information content (AvgIpc) is 2.58. The van der Waals surface area contributed by atoms with Crippen molar-refractivity contribution in [1.29, 1.82) is 0 Å². The SMILES string of the molecule is COC(=O)c1ccc(NC(=O)C(=O)Nc2c(Cl)cccc2Cl)cc1. The molecular weight excluding hydrogens is 355 g/mol. The number of rotatable bonds is 3. The van der Waals surface area contributed by atoms with Crippen LogP contribution in [0.25, 0.3) is 0 Å². The van der Waals surface area contributed by atoms with Crippen molar-refractivity contribution in [2.75, 3.05) is 17.7 Å². The summed E-state index contributed by atoms with van der Waals surface area (Å²) in [6, 6.07) is 10.6. The highest BCUT2D eigenvalue weighted by molar-refractivity contribution is 6.46. The van der Waals surface area contributed by atoms with Crippen molar-refractivity contribution in [3.05, 3.63) is 58.1 Å². The summed E-state index contributed by atoms with van der Waals surface area (Å²) in [5.74, 6) is -2.34. The molecule has 2 amide bonds. The first-order chi connectivity index (χ1) is 11.4. The third-order valence-corrected chi connectivity index (χ3v) is 3.60. The minimum Gasteiger partial charge on any atom is -0.465 e. The molecule has 0 saturated carbocycles. The Morgan fingerprint density at radius 3 is 1.96 bits per heavy atom. The number of hydrogen-bond acceptors (Lipinski definition) is 4. The maximum atomic E-state index is 11.9. The lowest BCUT2D eigenvalue weighted by Gasteiger charge is -2.09. The van der Waals surface area contributed by atoms with E-state index in [9.17, 15) is 14.4 Å². The number of esters is 1. The number of carbonyl (C=O) groups is 3. The van der Waals surface area contributed by atoms with Crippen LogP contribution in [0.5, 0.6) is 0 Å². The van der Waals surface area contributed by atoms with Crippen molar-refractivity contribution >= 4 is 52.4 Å². The van der Waals surface area contributed by atoms with Crippen LogP contribution in [0.15, 0.2) is 42.5 Å². The molecule has 6 nitrogen and oxygen atoms in total. The van der Waals surface area contributed by atoms with E-state index in [1.54, 1.807) is 6.07 Å². The number of carbonyl (C=O) groups excluding carboxylic acids is 3. The molecular formula is C16H12Cl2N2O4. The summed E-state index contributed by atoms with van der Waals surface area (Å²) < 4.78 is 4.57. The van der Waals surface area contributed by atoms with Gasteiger partial charge in [0.2, 0.25) is 0 Å². The molecule has 0 aromatic heterocycles. The topological polar surface area (TPSA) is 84.5 Å². The molecule has 0 aliphatic carbocycles. The van der Waals surface area contributed by atoms with E-state index in [0.717, 1.165) is 0 Å². The summed E-state index contributed by atoms with van der Waals surface area (Å²) in [6.45, 7) is 0. The molecule has 0 fully saturated rings. The lowest BCUT2D eigenvalue weighted by atomic mass is 10.2. The fourth-order valence-electron chi connectivity index (χ4n) is 1.78. The van der Waals surface area contributed by atoms with Crippen molar-refractivity contribution in [3.63, 3.8) is 0 Å². The average molecular weight is 367 g/mol. The normalized spacial score (nSPS) is 9.96. The summed E-state index contributed by atoms with van der Waals surface area (Å²) >= 11 is 11.8. The smallest absolute Gasteiger partial charge is 0.337 e. The van der Waals surface area contributed by atoms with E-state index in [4.69, 9.17) is 23.2 Å². The summed E-state index contributed by atoms with van der Waals surface area (Å²) in [4.78, 5) is 35.2. The maximum absolute atomic E-state index is 11.9. The van der Waals surface area contributed by atoms with Crippen molar-refractivity contribution in [3.8, 4) is 0 Å². The van der Waals surface area contributed by atoms with Crippen LogP contribution >= 0.6 is 23.2 Å². The number of halogens is 2. The fraction of sp³-hybridized carbons (Fsp3) is 0.0625. The molecule has 2 aromatic carbocycles. The molecule has 24 heavy (non-hydrogen) atoms. The van der Waals surface area contributed by atoms with Gasteiger partial charge < -0.3 is 15.4 Å². The Morgan fingerprint density at radius 1 is 0.875 bits per heavy atom. The Bertz CT molecular complexity index is 771. The Hall–Kier alpha value is -2.57. The maximum Gasteiger partial charge on any atom is 0.337 e. The summed E-state index contributed by atoms with van der Waals surface area (Å²) in [7, 11) is 1.27. The van der Waals surface area contributed by atoms with E-state index in [2.05, 4.69) is 15.4 Å². The van der Waals surface area contributed by atoms with Crippen molar-refractivity contribution in [1.82, 2.24) is 0 Å². The van der Waals surface area contributed by atoms with Gasteiger partial charge in [-0.3, -0.25) is 9.59 Å². The van der Waals surface area contributed by atoms with Gasteiger partial charge in [-0.15, -0.1) is 0 Å². The largest absolute Gasteiger partial charge is 0.465 e. The fourth-order valence-corrected chi connectivity index (χ4v) is 2.27. The molecule has 0 saturated heterocycles. The zero-order valence-electron chi connectivity index (χ0n) is 12.4. The highest BCUT2D eigenvalue weighted by Gasteiger charge is 2.17. The molecule has 0 atom stereocenters. The second kappa shape index (κ2) is 7.81. The van der Waals surface area contributed by atoms with E-state index in [1.807, 2.05) is 0 Å². The van der Waals surface area contributed by atoms with Gasteiger partial charge in [0.05, 0.1) is 28.4 Å². The number of para-hydroxylation sites is 1. The van der Waals surface area contributed by atoms with E-state index in [0.29, 0.717) is 11.3 Å². The van der Waals surface area contributed by atoms with E-state index < -0.39 is 17.8 Å². The van der Waals surface area contributed by atoms with Crippen molar-refractivity contribution < 1.29 is 19.1 Å². The van der Waals surface area contributed by atoms with Crippen molar-refractivity contribution in [2.24, 2.45) is 0 Å². The lowest BCUT2D eigenvalue weighted by molar-refractivity contribution is -0.132. The molecule has 0 aliphatic rings. The van der Waals surface area contributed by atoms with Gasteiger partial charge in [0.15, 0.2) is 0 Å². The minimum atomic E-state index is -0.929. The standard InChI is InChI=1S/C16H12Cl2N2O4/c1-24-16(23)9-5-7-10(8-6-9)19-14(21)15(22)20-13-11(17)3-2-4-12(13)18/h2-8H,1H3,(H,19,21)(H,20,22). The van der Waals surface area contributed by atoms with Crippen LogP contribution in [-0.4, -0.2) is 24.9 Å². The first-order valence-electron chi connectivity index (χ1n) is 6.67. The Kier molecular flexibility index (Phi) is 5.78. The second-order valence-electron chi connectivity index (χ2n) is 4.57. The van der Waals surface area contributed by atoms with Crippen LogP contribution in [-0.2, 0) is 14.3 Å². The number of anilines is 2. The number of hydrogen-bond donors (Lipinski definition) is 2. The molecule has 2 rings (SSSR count). The third kappa shape index (κ3) is 4.24. The molecule has 0 bridgehead atoms. The van der Waals surface area contributed by atoms with Gasteiger partial charge in [-0.2, -0.15) is 0 Å². The predicted octanol–water partition coefficient (Wildman–Crippen LogP) is 3.36. The molecule has 2 aromatic rings. The van der Waals surface area contributed by atoms with Gasteiger partial charge in [0, 0.05) is 5.69 Å². The van der Waals surface area contributed by atoms with Gasteiger partial charge in [-0.1, -0.05) is 29.3 Å². The first-order valence-corrected chi connectivity index (χ1v) is 7.42. The zero-order valence-corrected chi connectivity index (χ0v) is 13.9. The molecule has 0 radical (unpaired) electrons. The van der Waals surface area contributed by atoms with E-state index >= 15 is 0 Å². The third-order valence-electron chi connectivity index (χ3n) is 2.97. The first kappa shape index (κ1) is 17.8. The summed E-state index contributed by atoms with van der Waals surface area (Å²) in [6.07, 6.45) is 0. The minimum absolute atomic E-state index is 0.155. The van der Waals surface area contributed by atoms with Gasteiger partial charge >= 0.3 is 17.8 Å². The quantitative estimate of drug-likeness (QED) is 0.644. The molecule has 0 heterocycles. The van der Waals surface area contributed by atoms with Gasteiger partial charge in [0.25, 0.3) is 0 Å². The van der Waals surface area contributed by atoms with Crippen LogP contribution < -0.4 is 10.6 Å². The molecule has 124 valence electrons. The van der Waals surface area contributed by atoms with Crippen LogP contribution in [0.2, 0.25) is 10.0 Å². The number of amides is 2. The number of ether oxygens (including phenoxy) is 1. The Balaban J connectivity index is 2.04. The van der Waals surface area contributed by atoms with Crippen LogP contribution in [0.4, 0.5) is 11.4 Å². The second-order valence-corrected chi connectivity index (χ2v) is 5.39. The molecule has 2 N–H and O–H groups in total. The van der Waals surface area contributed by atoms with Crippen molar-refractivity contribution in [2.45, 2.75) is 0 Å². The predicted molar refractivity (Wildman–Crippen MR) is 91.5 cm³/mol. The van der Waals surface area contributed by atoms with Gasteiger partial charge in [-0.25, -0.2) is 4.79 Å². The van der Waals surface area contributed by atoms with Gasteiger partial charge in [-0.05, 0) is 36.4 Å². The zero-order chi connectivity index (χ0) is 17.7. The number of nitrogens with one attached hydrogen (secondary N) is 2. The molecule has 0 aliphatic heterocycles. The summed E-state index contributed by atoms with van der Waals surface area (Å²) in [5.41, 5.74) is 0.817. The lowest BCUT2D eigenvalue weighted by Crippen LogP contribution is -2.29. The van der Waals surface area contributed by atoms with Crippen LogP contribution in [0.3, 0.4) is 0 Å².